The summed E-state index contributed by atoms with van der Waals surface area (Å²) in [6.07, 6.45) is 0. The third-order valence-corrected chi connectivity index (χ3v) is 8.62. The van der Waals surface area contributed by atoms with Crippen LogP contribution in [0.2, 0.25) is 0 Å². The van der Waals surface area contributed by atoms with E-state index in [0.29, 0.717) is 0 Å². The lowest BCUT2D eigenvalue weighted by Crippen LogP contribution is -2.12. The second-order valence-corrected chi connectivity index (χ2v) is 9.97. The van der Waals surface area contributed by atoms with Gasteiger partial charge < -0.3 is 0 Å². The molecule has 0 N–H and O–H groups in total. The SMILES string of the molecule is ClP(c1ccccc1)c1ccc(P(Cl)c2ccccc2)cc1. The molecule has 3 aromatic carbocycles. The molecule has 0 aliphatic heterocycles. The Morgan fingerprint density at radius 1 is 0.409 bits per heavy atom. The first-order chi connectivity index (χ1) is 10.8. The van der Waals surface area contributed by atoms with Gasteiger partial charge in [0.05, 0.1) is 14.5 Å². The van der Waals surface area contributed by atoms with Crippen molar-refractivity contribution in [1.82, 2.24) is 0 Å². The zero-order valence-electron chi connectivity index (χ0n) is 11.7. The van der Waals surface area contributed by atoms with E-state index in [9.17, 15) is 0 Å². The average molecular weight is 363 g/mol. The van der Waals surface area contributed by atoms with Gasteiger partial charge in [0.25, 0.3) is 0 Å². The highest BCUT2D eigenvalue weighted by atomic mass is 35.7. The van der Waals surface area contributed by atoms with Crippen LogP contribution in [0.1, 0.15) is 0 Å². The lowest BCUT2D eigenvalue weighted by molar-refractivity contribution is 1.77. The number of hydrogen-bond acceptors (Lipinski definition) is 0. The van der Waals surface area contributed by atoms with E-state index < -0.39 is 14.5 Å². The van der Waals surface area contributed by atoms with Crippen LogP contribution in [0, 0.1) is 0 Å². The van der Waals surface area contributed by atoms with Crippen LogP contribution in [0.15, 0.2) is 84.9 Å². The van der Waals surface area contributed by atoms with Crippen LogP contribution in [0.3, 0.4) is 0 Å². The van der Waals surface area contributed by atoms with Gasteiger partial charge >= 0.3 is 0 Å². The van der Waals surface area contributed by atoms with Gasteiger partial charge in [-0.2, -0.15) is 0 Å². The van der Waals surface area contributed by atoms with Gasteiger partial charge in [0.2, 0.25) is 0 Å². The van der Waals surface area contributed by atoms with Crippen molar-refractivity contribution in [3.63, 3.8) is 0 Å². The van der Waals surface area contributed by atoms with Gasteiger partial charge in [-0.25, -0.2) is 0 Å². The summed E-state index contributed by atoms with van der Waals surface area (Å²) in [4.78, 5) is 0. The van der Waals surface area contributed by atoms with Gasteiger partial charge in [-0.3, -0.25) is 0 Å². The predicted octanol–water partition coefficient (Wildman–Crippen LogP) is 4.86. The molecule has 0 aliphatic rings. The molecule has 0 saturated carbocycles. The molecule has 4 heteroatoms. The van der Waals surface area contributed by atoms with Gasteiger partial charge in [-0.05, 0) is 21.2 Å². The second kappa shape index (κ2) is 7.58. The average Bonchev–Trinajstić information content (AvgIpc) is 2.62. The lowest BCUT2D eigenvalue weighted by atomic mass is 10.4. The van der Waals surface area contributed by atoms with Crippen LogP contribution in [0.25, 0.3) is 0 Å². The Kier molecular flexibility index (Phi) is 5.51. The van der Waals surface area contributed by atoms with E-state index in [1.807, 2.05) is 36.4 Å². The molecule has 2 atom stereocenters. The summed E-state index contributed by atoms with van der Waals surface area (Å²) in [6, 6.07) is 28.8. The van der Waals surface area contributed by atoms with Crippen molar-refractivity contribution in [1.29, 1.82) is 0 Å². The molecule has 0 bridgehead atoms. The van der Waals surface area contributed by atoms with Gasteiger partial charge in [0.1, 0.15) is 0 Å². The van der Waals surface area contributed by atoms with Crippen molar-refractivity contribution in [2.45, 2.75) is 0 Å². The largest absolute Gasteiger partial charge is 0.0859 e. The van der Waals surface area contributed by atoms with Crippen LogP contribution < -0.4 is 21.2 Å². The van der Waals surface area contributed by atoms with Crippen LogP contribution in [0.5, 0.6) is 0 Å². The van der Waals surface area contributed by atoms with Crippen molar-refractivity contribution < 1.29 is 0 Å². The highest BCUT2D eigenvalue weighted by Crippen LogP contribution is 2.41. The van der Waals surface area contributed by atoms with Crippen LogP contribution in [0.4, 0.5) is 0 Å². The summed E-state index contributed by atoms with van der Waals surface area (Å²) in [5, 5.41) is 4.64. The summed E-state index contributed by atoms with van der Waals surface area (Å²) < 4.78 is 0. The first-order valence-electron chi connectivity index (χ1n) is 6.88. The molecule has 0 radical (unpaired) electrons. The Morgan fingerprint density at radius 3 is 1.00 bits per heavy atom. The molecule has 3 aromatic rings. The second-order valence-electron chi connectivity index (χ2n) is 4.75. The molecule has 3 rings (SSSR count). The Morgan fingerprint density at radius 2 is 0.682 bits per heavy atom. The maximum atomic E-state index is 6.62. The van der Waals surface area contributed by atoms with Gasteiger partial charge in [0, 0.05) is 0 Å². The Hall–Kier alpha value is -0.900. The summed E-state index contributed by atoms with van der Waals surface area (Å²) in [7, 11) is -1.64. The van der Waals surface area contributed by atoms with Gasteiger partial charge in [0.15, 0.2) is 0 Å². The topological polar surface area (TPSA) is 0 Å². The van der Waals surface area contributed by atoms with E-state index in [1.54, 1.807) is 0 Å². The number of benzene rings is 3. The highest BCUT2D eigenvalue weighted by Gasteiger charge is 2.13. The van der Waals surface area contributed by atoms with E-state index in [2.05, 4.69) is 48.5 Å². The van der Waals surface area contributed by atoms with Crippen LogP contribution in [-0.4, -0.2) is 0 Å². The standard InChI is InChI=1S/C18H14Cl2P2/c19-21(15-7-3-1-4-8-15)17-11-13-18(14-12-17)22(20)16-9-5-2-6-10-16/h1-14H. The fourth-order valence-electron chi connectivity index (χ4n) is 2.13. The number of hydrogen-bond donors (Lipinski definition) is 0. The minimum absolute atomic E-state index is 0.820. The lowest BCUT2D eigenvalue weighted by Gasteiger charge is -2.13. The van der Waals surface area contributed by atoms with Gasteiger partial charge in [-0.1, -0.05) is 107 Å². The Bertz CT molecular complexity index is 651. The first kappa shape index (κ1) is 16.0. The summed E-state index contributed by atoms with van der Waals surface area (Å²) in [6.45, 7) is 0. The summed E-state index contributed by atoms with van der Waals surface area (Å²) >= 11 is 13.2. The highest BCUT2D eigenvalue weighted by molar-refractivity contribution is 7.96. The van der Waals surface area contributed by atoms with E-state index in [-0.39, 0.29) is 0 Å². The van der Waals surface area contributed by atoms with E-state index in [4.69, 9.17) is 22.5 Å². The fraction of sp³-hybridized carbons (Fsp3) is 0. The molecule has 0 aromatic heterocycles. The maximum Gasteiger partial charge on any atom is 0.0524 e. The van der Waals surface area contributed by atoms with E-state index >= 15 is 0 Å². The fourth-order valence-corrected chi connectivity index (χ4v) is 5.77. The molecule has 0 nitrogen and oxygen atoms in total. The zero-order chi connectivity index (χ0) is 15.4. The first-order valence-corrected chi connectivity index (χ1v) is 11.4. The molecule has 22 heavy (non-hydrogen) atoms. The zero-order valence-corrected chi connectivity index (χ0v) is 15.0. The summed E-state index contributed by atoms with van der Waals surface area (Å²) in [5.41, 5.74) is 0. The molecule has 2 unspecified atom stereocenters. The maximum absolute atomic E-state index is 6.62. The minimum Gasteiger partial charge on any atom is -0.0859 e. The molecule has 110 valence electrons. The van der Waals surface area contributed by atoms with Crippen molar-refractivity contribution in [2.24, 2.45) is 0 Å². The monoisotopic (exact) mass is 362 g/mol. The van der Waals surface area contributed by atoms with Crippen molar-refractivity contribution in [3.8, 4) is 0 Å². The molecule has 0 spiro atoms. The van der Waals surface area contributed by atoms with Crippen LogP contribution >= 0.6 is 37.0 Å². The van der Waals surface area contributed by atoms with Crippen molar-refractivity contribution in [3.05, 3.63) is 84.9 Å². The molecule has 0 saturated heterocycles. The quantitative estimate of drug-likeness (QED) is 0.581. The predicted molar refractivity (Wildman–Crippen MR) is 103 cm³/mol. The minimum atomic E-state index is -0.820. The Balaban J connectivity index is 1.81. The van der Waals surface area contributed by atoms with Gasteiger partial charge in [-0.15, -0.1) is 0 Å². The number of halogens is 2. The van der Waals surface area contributed by atoms with Crippen LogP contribution in [-0.2, 0) is 0 Å². The molecule has 0 fully saturated rings. The molecular formula is C18H14Cl2P2. The Labute approximate surface area is 143 Å². The normalized spacial score (nSPS) is 13.5. The third-order valence-electron chi connectivity index (χ3n) is 3.27. The molecule has 0 amide bonds. The van der Waals surface area contributed by atoms with E-state index in [1.165, 1.54) is 10.6 Å². The molecule has 0 aliphatic carbocycles. The molecule has 0 heterocycles. The van der Waals surface area contributed by atoms with Crippen molar-refractivity contribution >= 4 is 58.2 Å². The smallest absolute Gasteiger partial charge is 0.0524 e. The third kappa shape index (κ3) is 3.70. The summed E-state index contributed by atoms with van der Waals surface area (Å²) in [5.74, 6) is 0. The number of rotatable bonds is 4. The van der Waals surface area contributed by atoms with Crippen molar-refractivity contribution in [2.75, 3.05) is 0 Å². The molecular weight excluding hydrogens is 349 g/mol. The van der Waals surface area contributed by atoms with E-state index in [0.717, 1.165) is 10.6 Å².